The zero-order chi connectivity index (χ0) is 10.8. The van der Waals surface area contributed by atoms with E-state index < -0.39 is 0 Å². The van der Waals surface area contributed by atoms with Crippen LogP contribution in [0.3, 0.4) is 0 Å². The molecule has 0 N–H and O–H groups in total. The second-order valence-corrected chi connectivity index (χ2v) is 3.56. The normalized spacial score (nSPS) is 11.4. The third-order valence-electron chi connectivity index (χ3n) is 2.03. The van der Waals surface area contributed by atoms with Crippen LogP contribution in [-0.4, -0.2) is 39.9 Å². The number of aryl methyl sites for hydroxylation is 1. The van der Waals surface area contributed by atoms with Crippen LogP contribution in [-0.2, 0) is 0 Å². The number of aromatic nitrogens is 3. The van der Waals surface area contributed by atoms with Gasteiger partial charge in [0.05, 0.1) is 6.34 Å². The van der Waals surface area contributed by atoms with Crippen LogP contribution in [0, 0.1) is 6.92 Å². The van der Waals surface area contributed by atoms with Crippen molar-refractivity contribution >= 4 is 17.7 Å². The first-order valence-corrected chi connectivity index (χ1v) is 4.68. The Morgan fingerprint density at radius 1 is 1.40 bits per heavy atom. The summed E-state index contributed by atoms with van der Waals surface area (Å²) >= 11 is 0. The van der Waals surface area contributed by atoms with Gasteiger partial charge in [-0.15, -0.1) is 0 Å². The van der Waals surface area contributed by atoms with Crippen LogP contribution in [0.15, 0.2) is 23.5 Å². The van der Waals surface area contributed by atoms with E-state index in [9.17, 15) is 0 Å². The fraction of sp³-hybridized carbons (Fsp3) is 0.300. The van der Waals surface area contributed by atoms with Gasteiger partial charge in [0.15, 0.2) is 5.82 Å². The lowest BCUT2D eigenvalue weighted by Gasteiger charge is -2.02. The van der Waals surface area contributed by atoms with Gasteiger partial charge in [-0.05, 0) is 19.1 Å². The van der Waals surface area contributed by atoms with E-state index in [1.807, 2.05) is 42.6 Å². The average Bonchev–Trinajstić information content (AvgIpc) is 2.58. The van der Waals surface area contributed by atoms with Crippen LogP contribution in [0.5, 0.6) is 0 Å². The summed E-state index contributed by atoms with van der Waals surface area (Å²) < 4.78 is 1.83. The highest BCUT2D eigenvalue weighted by molar-refractivity contribution is 5.70. The number of aliphatic imine (C=N–C) groups is 1. The van der Waals surface area contributed by atoms with Crippen molar-refractivity contribution < 1.29 is 0 Å². The van der Waals surface area contributed by atoms with Gasteiger partial charge in [0.25, 0.3) is 0 Å². The topological polar surface area (TPSA) is 45.8 Å². The minimum atomic E-state index is 0.687. The van der Waals surface area contributed by atoms with E-state index in [2.05, 4.69) is 15.1 Å². The maximum Gasteiger partial charge on any atom is 0.181 e. The monoisotopic (exact) mass is 203 g/mol. The zero-order valence-corrected chi connectivity index (χ0v) is 9.05. The highest BCUT2D eigenvalue weighted by Gasteiger charge is 2.03. The van der Waals surface area contributed by atoms with Crippen molar-refractivity contribution in [2.24, 2.45) is 4.99 Å². The Hall–Kier alpha value is -1.91. The minimum Gasteiger partial charge on any atom is -0.369 e. The lowest BCUT2D eigenvalue weighted by molar-refractivity contribution is 0.643. The van der Waals surface area contributed by atoms with Crippen molar-refractivity contribution in [2.75, 3.05) is 14.1 Å². The van der Waals surface area contributed by atoms with Crippen molar-refractivity contribution in [3.63, 3.8) is 0 Å². The van der Waals surface area contributed by atoms with Gasteiger partial charge in [-0.25, -0.2) is 14.5 Å². The molecule has 0 radical (unpaired) electrons. The Morgan fingerprint density at radius 2 is 2.20 bits per heavy atom. The molecule has 2 rings (SSSR count). The fourth-order valence-corrected chi connectivity index (χ4v) is 1.32. The molecule has 2 aromatic heterocycles. The Kier molecular flexibility index (Phi) is 2.37. The molecule has 0 aliphatic carbocycles. The number of nitrogens with zero attached hydrogens (tertiary/aromatic N) is 5. The number of hydrogen-bond donors (Lipinski definition) is 0. The van der Waals surface area contributed by atoms with Crippen molar-refractivity contribution in [3.8, 4) is 0 Å². The van der Waals surface area contributed by atoms with Gasteiger partial charge in [0.2, 0.25) is 0 Å². The summed E-state index contributed by atoms with van der Waals surface area (Å²) in [5.41, 5.74) is 2.00. The molecule has 5 nitrogen and oxygen atoms in total. The maximum absolute atomic E-state index is 4.28. The summed E-state index contributed by atoms with van der Waals surface area (Å²) in [5, 5.41) is 4.15. The van der Waals surface area contributed by atoms with Crippen molar-refractivity contribution in [2.45, 2.75) is 6.92 Å². The molecular formula is C10H13N5. The highest BCUT2D eigenvalue weighted by atomic mass is 15.3. The molecule has 0 aliphatic heterocycles. The van der Waals surface area contributed by atoms with Crippen molar-refractivity contribution in [3.05, 3.63) is 24.2 Å². The lowest BCUT2D eigenvalue weighted by atomic mass is 10.5. The first kappa shape index (κ1) is 9.64. The van der Waals surface area contributed by atoms with Gasteiger partial charge >= 0.3 is 0 Å². The van der Waals surface area contributed by atoms with Crippen LogP contribution >= 0.6 is 0 Å². The molecule has 15 heavy (non-hydrogen) atoms. The van der Waals surface area contributed by atoms with Gasteiger partial charge in [-0.2, -0.15) is 5.10 Å². The van der Waals surface area contributed by atoms with Gasteiger partial charge < -0.3 is 4.90 Å². The molecule has 0 aromatic carbocycles. The second kappa shape index (κ2) is 3.68. The van der Waals surface area contributed by atoms with Crippen LogP contribution in [0.4, 0.5) is 5.82 Å². The molecule has 0 saturated heterocycles. The Labute approximate surface area is 88.1 Å². The Morgan fingerprint density at radius 3 is 2.93 bits per heavy atom. The predicted octanol–water partition coefficient (Wildman–Crippen LogP) is 1.26. The lowest BCUT2D eigenvalue weighted by Crippen LogP contribution is -2.07. The predicted molar refractivity (Wildman–Crippen MR) is 59.6 cm³/mol. The summed E-state index contributed by atoms with van der Waals surface area (Å²) in [6.07, 6.45) is 3.24. The summed E-state index contributed by atoms with van der Waals surface area (Å²) in [6.45, 7) is 2.00. The third-order valence-corrected chi connectivity index (χ3v) is 2.03. The van der Waals surface area contributed by atoms with E-state index in [0.29, 0.717) is 5.82 Å². The molecule has 0 saturated carbocycles. The fourth-order valence-electron chi connectivity index (χ4n) is 1.32. The van der Waals surface area contributed by atoms with E-state index in [1.165, 1.54) is 6.33 Å². The average molecular weight is 203 g/mol. The molecule has 0 spiro atoms. The zero-order valence-electron chi connectivity index (χ0n) is 9.05. The van der Waals surface area contributed by atoms with E-state index in [0.717, 1.165) is 11.2 Å². The van der Waals surface area contributed by atoms with Gasteiger partial charge in [0.1, 0.15) is 11.8 Å². The highest BCUT2D eigenvalue weighted by Crippen LogP contribution is 2.17. The molecule has 0 atom stereocenters. The molecule has 2 aromatic rings. The molecule has 78 valence electrons. The SMILES string of the molecule is Cc1ccc2c(/N=C/N(C)C)ncnn12. The second-order valence-electron chi connectivity index (χ2n) is 3.56. The van der Waals surface area contributed by atoms with E-state index >= 15 is 0 Å². The van der Waals surface area contributed by atoms with Gasteiger partial charge in [0, 0.05) is 19.8 Å². The van der Waals surface area contributed by atoms with Crippen LogP contribution < -0.4 is 0 Å². The minimum absolute atomic E-state index is 0.687. The molecule has 0 fully saturated rings. The van der Waals surface area contributed by atoms with E-state index in [1.54, 1.807) is 6.34 Å². The van der Waals surface area contributed by atoms with E-state index in [-0.39, 0.29) is 0 Å². The quantitative estimate of drug-likeness (QED) is 0.545. The summed E-state index contributed by atoms with van der Waals surface area (Å²) in [7, 11) is 3.84. The molecular weight excluding hydrogens is 190 g/mol. The van der Waals surface area contributed by atoms with Crippen LogP contribution in [0.2, 0.25) is 0 Å². The standard InChI is InChI=1S/C10H13N5/c1-8-4-5-9-10(12-7-14(2)3)11-6-13-15(8)9/h4-7H,1-3H3/b12-7+. The first-order chi connectivity index (χ1) is 7.18. The molecule has 5 heteroatoms. The van der Waals surface area contributed by atoms with Gasteiger partial charge in [-0.3, -0.25) is 0 Å². The number of hydrogen-bond acceptors (Lipinski definition) is 3. The third kappa shape index (κ3) is 1.81. The Balaban J connectivity index is 2.52. The van der Waals surface area contributed by atoms with Crippen LogP contribution in [0.1, 0.15) is 5.69 Å². The van der Waals surface area contributed by atoms with Crippen molar-refractivity contribution in [1.82, 2.24) is 19.5 Å². The van der Waals surface area contributed by atoms with Gasteiger partial charge in [-0.1, -0.05) is 0 Å². The summed E-state index contributed by atoms with van der Waals surface area (Å²) in [5.74, 6) is 0.687. The largest absolute Gasteiger partial charge is 0.369 e. The summed E-state index contributed by atoms with van der Waals surface area (Å²) in [6, 6.07) is 3.97. The van der Waals surface area contributed by atoms with Crippen molar-refractivity contribution in [1.29, 1.82) is 0 Å². The molecule has 2 heterocycles. The Bertz CT molecular complexity index is 497. The maximum atomic E-state index is 4.28. The molecule has 0 aliphatic rings. The molecule has 0 bridgehead atoms. The number of fused-ring (bicyclic) bond motifs is 1. The number of rotatable bonds is 2. The molecule has 0 unspecified atom stereocenters. The van der Waals surface area contributed by atoms with E-state index in [4.69, 9.17) is 0 Å². The van der Waals surface area contributed by atoms with Crippen LogP contribution in [0.25, 0.3) is 5.52 Å². The smallest absolute Gasteiger partial charge is 0.181 e. The first-order valence-electron chi connectivity index (χ1n) is 4.68. The summed E-state index contributed by atoms with van der Waals surface area (Å²) in [4.78, 5) is 10.3. The molecule has 0 amide bonds.